The van der Waals surface area contributed by atoms with Crippen molar-refractivity contribution in [3.05, 3.63) is 29.3 Å². The van der Waals surface area contributed by atoms with E-state index in [1.807, 2.05) is 41.7 Å². The molecular weight excluding hydrogens is 224 g/mol. The van der Waals surface area contributed by atoms with E-state index in [1.54, 1.807) is 0 Å². The quantitative estimate of drug-likeness (QED) is 0.883. The number of hydrogen-bond donors (Lipinski definition) is 1. The van der Waals surface area contributed by atoms with Crippen LogP contribution in [-0.2, 0) is 6.42 Å². The van der Waals surface area contributed by atoms with Crippen LogP contribution in [0.25, 0.3) is 5.52 Å². The highest BCUT2D eigenvalue weighted by molar-refractivity contribution is 6.33. The van der Waals surface area contributed by atoms with Crippen molar-refractivity contribution in [2.45, 2.75) is 6.42 Å². The molecule has 0 saturated heterocycles. The van der Waals surface area contributed by atoms with E-state index in [0.717, 1.165) is 23.4 Å². The minimum Gasteiger partial charge on any atom is -0.376 e. The number of anilines is 1. The van der Waals surface area contributed by atoms with Gasteiger partial charge in [0.1, 0.15) is 11.3 Å². The summed E-state index contributed by atoms with van der Waals surface area (Å²) in [5, 5.41) is 0.535. The Hall–Kier alpha value is -1.26. The van der Waals surface area contributed by atoms with Crippen molar-refractivity contribution in [2.75, 3.05) is 25.5 Å². The smallest absolute Gasteiger partial charge is 0.157 e. The Bertz CT molecular complexity index is 504. The third-order valence-electron chi connectivity index (χ3n) is 2.52. The maximum Gasteiger partial charge on any atom is 0.157 e. The summed E-state index contributed by atoms with van der Waals surface area (Å²) in [6.07, 6.45) is 2.69. The molecule has 5 heteroatoms. The summed E-state index contributed by atoms with van der Waals surface area (Å²) in [4.78, 5) is 6.37. The summed E-state index contributed by atoms with van der Waals surface area (Å²) >= 11 is 6.16. The minimum absolute atomic E-state index is 0.535. The molecule has 16 heavy (non-hydrogen) atoms. The molecule has 0 aliphatic rings. The van der Waals surface area contributed by atoms with Gasteiger partial charge in [0.05, 0.1) is 5.69 Å². The Kier molecular flexibility index (Phi) is 3.03. The van der Waals surface area contributed by atoms with E-state index in [0.29, 0.717) is 11.7 Å². The van der Waals surface area contributed by atoms with E-state index in [-0.39, 0.29) is 0 Å². The second-order valence-corrected chi connectivity index (χ2v) is 4.22. The van der Waals surface area contributed by atoms with Gasteiger partial charge in [-0.3, -0.25) is 0 Å². The van der Waals surface area contributed by atoms with E-state index in [9.17, 15) is 0 Å². The monoisotopic (exact) mass is 238 g/mol. The number of halogens is 1. The summed E-state index contributed by atoms with van der Waals surface area (Å²) in [7, 11) is 3.97. The van der Waals surface area contributed by atoms with Gasteiger partial charge >= 0.3 is 0 Å². The number of pyridine rings is 1. The van der Waals surface area contributed by atoms with Crippen molar-refractivity contribution in [1.29, 1.82) is 0 Å². The van der Waals surface area contributed by atoms with Crippen LogP contribution in [0.3, 0.4) is 0 Å². The van der Waals surface area contributed by atoms with Gasteiger partial charge in [-0.25, -0.2) is 4.98 Å². The van der Waals surface area contributed by atoms with Crippen LogP contribution in [0.2, 0.25) is 5.15 Å². The van der Waals surface area contributed by atoms with Crippen LogP contribution in [-0.4, -0.2) is 30.0 Å². The zero-order valence-corrected chi connectivity index (χ0v) is 10.2. The van der Waals surface area contributed by atoms with Crippen molar-refractivity contribution in [2.24, 2.45) is 5.73 Å². The lowest BCUT2D eigenvalue weighted by atomic mass is 10.3. The van der Waals surface area contributed by atoms with Crippen LogP contribution in [0.1, 0.15) is 5.82 Å². The average molecular weight is 239 g/mol. The Balaban J connectivity index is 2.69. The van der Waals surface area contributed by atoms with Crippen LogP contribution in [0.15, 0.2) is 18.3 Å². The van der Waals surface area contributed by atoms with Crippen molar-refractivity contribution >= 4 is 22.8 Å². The van der Waals surface area contributed by atoms with Gasteiger partial charge in [-0.2, -0.15) is 0 Å². The van der Waals surface area contributed by atoms with Gasteiger partial charge < -0.3 is 15.0 Å². The fourth-order valence-corrected chi connectivity index (χ4v) is 2.09. The second kappa shape index (κ2) is 4.31. The molecule has 0 aliphatic heterocycles. The highest BCUT2D eigenvalue weighted by atomic mass is 35.5. The average Bonchev–Trinajstić information content (AvgIpc) is 2.57. The van der Waals surface area contributed by atoms with Crippen molar-refractivity contribution in [3.63, 3.8) is 0 Å². The summed E-state index contributed by atoms with van der Waals surface area (Å²) < 4.78 is 2.00. The predicted molar refractivity (Wildman–Crippen MR) is 67.3 cm³/mol. The second-order valence-electron chi connectivity index (χ2n) is 3.86. The van der Waals surface area contributed by atoms with Crippen LogP contribution in [0.4, 0.5) is 5.69 Å². The number of aromatic nitrogens is 2. The van der Waals surface area contributed by atoms with Crippen molar-refractivity contribution < 1.29 is 0 Å². The van der Waals surface area contributed by atoms with Crippen molar-refractivity contribution in [3.8, 4) is 0 Å². The zero-order valence-electron chi connectivity index (χ0n) is 9.44. The summed E-state index contributed by atoms with van der Waals surface area (Å²) in [6, 6.07) is 4.01. The van der Waals surface area contributed by atoms with E-state index < -0.39 is 0 Å². The third-order valence-corrected chi connectivity index (χ3v) is 2.79. The van der Waals surface area contributed by atoms with Gasteiger partial charge in [0.25, 0.3) is 0 Å². The van der Waals surface area contributed by atoms with Gasteiger partial charge in [-0.1, -0.05) is 11.6 Å². The molecule has 0 radical (unpaired) electrons. The van der Waals surface area contributed by atoms with Gasteiger partial charge in [-0.05, 0) is 18.7 Å². The van der Waals surface area contributed by atoms with Crippen molar-refractivity contribution in [1.82, 2.24) is 9.38 Å². The van der Waals surface area contributed by atoms with E-state index in [1.165, 1.54) is 0 Å². The first-order chi connectivity index (χ1) is 7.65. The number of nitrogens with zero attached hydrogens (tertiary/aromatic N) is 3. The largest absolute Gasteiger partial charge is 0.376 e. The first kappa shape index (κ1) is 11.2. The van der Waals surface area contributed by atoms with Gasteiger partial charge in [-0.15, -0.1) is 0 Å². The first-order valence-corrected chi connectivity index (χ1v) is 5.55. The molecule has 0 atom stereocenters. The van der Waals surface area contributed by atoms with Crippen LogP contribution >= 0.6 is 11.6 Å². The first-order valence-electron chi connectivity index (χ1n) is 5.18. The molecule has 0 unspecified atom stereocenters. The number of nitrogens with two attached hydrogens (primary N) is 1. The van der Waals surface area contributed by atoms with Gasteiger partial charge in [0.2, 0.25) is 0 Å². The van der Waals surface area contributed by atoms with E-state index >= 15 is 0 Å². The molecule has 2 rings (SSSR count). The molecule has 0 aliphatic carbocycles. The van der Waals surface area contributed by atoms with Crippen LogP contribution < -0.4 is 10.6 Å². The molecule has 0 spiro atoms. The molecule has 2 aromatic heterocycles. The molecule has 0 aromatic carbocycles. The predicted octanol–water partition coefficient (Wildman–Crippen LogP) is 1.55. The molecule has 4 nitrogen and oxygen atoms in total. The fraction of sp³-hybridized carbons (Fsp3) is 0.364. The topological polar surface area (TPSA) is 46.6 Å². The third kappa shape index (κ3) is 1.74. The van der Waals surface area contributed by atoms with Crippen LogP contribution in [0, 0.1) is 0 Å². The molecule has 0 amide bonds. The lowest BCUT2D eigenvalue weighted by Gasteiger charge is -2.14. The van der Waals surface area contributed by atoms with Gasteiger partial charge in [0, 0.05) is 26.7 Å². The number of fused-ring (bicyclic) bond motifs is 1. The number of imidazole rings is 1. The Morgan fingerprint density at radius 3 is 2.88 bits per heavy atom. The summed E-state index contributed by atoms with van der Waals surface area (Å²) in [5.41, 5.74) is 7.55. The maximum atomic E-state index is 6.16. The minimum atomic E-state index is 0.535. The summed E-state index contributed by atoms with van der Waals surface area (Å²) in [5.74, 6) is 0.909. The Morgan fingerprint density at radius 2 is 2.25 bits per heavy atom. The fourth-order valence-electron chi connectivity index (χ4n) is 1.80. The van der Waals surface area contributed by atoms with Crippen LogP contribution in [0.5, 0.6) is 0 Å². The summed E-state index contributed by atoms with van der Waals surface area (Å²) in [6.45, 7) is 0.571. The number of rotatable bonds is 3. The molecule has 86 valence electrons. The Morgan fingerprint density at radius 1 is 1.50 bits per heavy atom. The molecule has 0 saturated carbocycles. The molecule has 2 heterocycles. The SMILES string of the molecule is CN(C)c1cccn2c(CCN)nc(Cl)c12. The highest BCUT2D eigenvalue weighted by Crippen LogP contribution is 2.27. The van der Waals surface area contributed by atoms with Gasteiger partial charge in [0.15, 0.2) is 5.15 Å². The highest BCUT2D eigenvalue weighted by Gasteiger charge is 2.13. The Labute approximate surface area is 99.6 Å². The molecule has 0 bridgehead atoms. The zero-order chi connectivity index (χ0) is 11.7. The number of hydrogen-bond acceptors (Lipinski definition) is 3. The maximum absolute atomic E-state index is 6.16. The standard InChI is InChI=1S/C11H15ClN4/c1-15(2)8-4-3-7-16-9(5-6-13)14-11(12)10(8)16/h3-4,7H,5-6,13H2,1-2H3. The van der Waals surface area contributed by atoms with E-state index in [2.05, 4.69) is 4.98 Å². The molecule has 2 aromatic rings. The molecular formula is C11H15ClN4. The lowest BCUT2D eigenvalue weighted by Crippen LogP contribution is -2.10. The molecule has 0 fully saturated rings. The van der Waals surface area contributed by atoms with E-state index in [4.69, 9.17) is 17.3 Å². The molecule has 2 N–H and O–H groups in total. The normalized spacial score (nSPS) is 11.0. The lowest BCUT2D eigenvalue weighted by molar-refractivity contribution is 0.862.